The van der Waals surface area contributed by atoms with Gasteiger partial charge in [-0.3, -0.25) is 14.6 Å². The van der Waals surface area contributed by atoms with Gasteiger partial charge in [0.15, 0.2) is 5.43 Å². The van der Waals surface area contributed by atoms with E-state index in [0.29, 0.717) is 13.1 Å². The van der Waals surface area contributed by atoms with Gasteiger partial charge in [0.2, 0.25) is 0 Å². The van der Waals surface area contributed by atoms with E-state index in [-0.39, 0.29) is 17.6 Å². The summed E-state index contributed by atoms with van der Waals surface area (Å²) in [5.41, 5.74) is 3.99. The smallest absolute Gasteiger partial charge is 0.189 e. The first-order valence-electron chi connectivity index (χ1n) is 9.37. The average Bonchev–Trinajstić information content (AvgIpc) is 2.99. The van der Waals surface area contributed by atoms with Crippen LogP contribution in [0.15, 0.2) is 23.0 Å². The SMILES string of the molecule is Cc1ccc(C)c2c(=O)cc(CN3C[C@H](O)[C@@H](N4CCOCC4)C3)[nH]c12. The molecule has 0 spiro atoms. The van der Waals surface area contributed by atoms with Crippen LogP contribution in [-0.4, -0.2) is 71.4 Å². The maximum Gasteiger partial charge on any atom is 0.189 e. The molecule has 0 unspecified atom stereocenters. The minimum Gasteiger partial charge on any atom is -0.390 e. The van der Waals surface area contributed by atoms with E-state index in [4.69, 9.17) is 4.74 Å². The van der Waals surface area contributed by atoms with E-state index in [1.54, 1.807) is 6.07 Å². The fourth-order valence-electron chi connectivity index (χ4n) is 4.29. The lowest BCUT2D eigenvalue weighted by Crippen LogP contribution is -2.48. The third kappa shape index (κ3) is 3.30. The maximum atomic E-state index is 12.6. The number of morpholine rings is 1. The second-order valence-electron chi connectivity index (χ2n) is 7.59. The first kappa shape index (κ1) is 17.7. The lowest BCUT2D eigenvalue weighted by molar-refractivity contribution is -0.00618. The Kier molecular flexibility index (Phi) is 4.84. The van der Waals surface area contributed by atoms with Gasteiger partial charge in [0.25, 0.3) is 0 Å². The lowest BCUT2D eigenvalue weighted by atomic mass is 10.0. The summed E-state index contributed by atoms with van der Waals surface area (Å²) in [6.07, 6.45) is -0.357. The number of hydrogen-bond acceptors (Lipinski definition) is 5. The van der Waals surface area contributed by atoms with Crippen molar-refractivity contribution in [2.24, 2.45) is 0 Å². The first-order valence-corrected chi connectivity index (χ1v) is 9.37. The highest BCUT2D eigenvalue weighted by Gasteiger charge is 2.36. The van der Waals surface area contributed by atoms with Gasteiger partial charge in [-0.1, -0.05) is 12.1 Å². The number of aryl methyl sites for hydroxylation is 2. The van der Waals surface area contributed by atoms with Gasteiger partial charge < -0.3 is 14.8 Å². The number of fused-ring (bicyclic) bond motifs is 1. The van der Waals surface area contributed by atoms with E-state index < -0.39 is 0 Å². The number of pyridine rings is 1. The Balaban J connectivity index is 1.54. The number of ether oxygens (including phenoxy) is 1. The summed E-state index contributed by atoms with van der Waals surface area (Å²) in [5.74, 6) is 0. The predicted octanol–water partition coefficient (Wildman–Crippen LogP) is 1.02. The number of nitrogens with one attached hydrogen (secondary N) is 1. The molecular weight excluding hydrogens is 330 g/mol. The maximum absolute atomic E-state index is 12.6. The Morgan fingerprint density at radius 3 is 2.69 bits per heavy atom. The van der Waals surface area contributed by atoms with Crippen LogP contribution in [0.25, 0.3) is 10.9 Å². The van der Waals surface area contributed by atoms with Crippen molar-refractivity contribution in [2.45, 2.75) is 32.5 Å². The van der Waals surface area contributed by atoms with Crippen LogP contribution < -0.4 is 5.43 Å². The molecule has 2 aliphatic rings. The average molecular weight is 357 g/mol. The van der Waals surface area contributed by atoms with Crippen LogP contribution >= 0.6 is 0 Å². The molecule has 0 amide bonds. The topological polar surface area (TPSA) is 68.8 Å². The number of aliphatic hydroxyl groups is 1. The third-order valence-electron chi connectivity index (χ3n) is 5.70. The summed E-state index contributed by atoms with van der Waals surface area (Å²) in [6, 6.07) is 5.90. The van der Waals surface area contributed by atoms with Gasteiger partial charge in [0.1, 0.15) is 0 Å². The number of hydrogen-bond donors (Lipinski definition) is 2. The summed E-state index contributed by atoms with van der Waals surface area (Å²) in [7, 11) is 0. The molecular formula is C20H27N3O3. The number of aromatic amines is 1. The van der Waals surface area contributed by atoms with Crippen molar-refractivity contribution >= 4 is 10.9 Å². The number of aromatic nitrogens is 1. The predicted molar refractivity (Wildman–Crippen MR) is 102 cm³/mol. The molecule has 140 valence electrons. The van der Waals surface area contributed by atoms with Crippen molar-refractivity contribution in [3.63, 3.8) is 0 Å². The second kappa shape index (κ2) is 7.12. The van der Waals surface area contributed by atoms with Crippen molar-refractivity contribution in [1.29, 1.82) is 0 Å². The van der Waals surface area contributed by atoms with E-state index in [0.717, 1.165) is 60.6 Å². The molecule has 0 saturated carbocycles. The summed E-state index contributed by atoms with van der Waals surface area (Å²) < 4.78 is 5.42. The zero-order chi connectivity index (χ0) is 18.3. The molecule has 2 aliphatic heterocycles. The number of nitrogens with zero attached hydrogens (tertiary/aromatic N) is 2. The van der Waals surface area contributed by atoms with Crippen LogP contribution in [0.5, 0.6) is 0 Å². The highest BCUT2D eigenvalue weighted by Crippen LogP contribution is 2.21. The van der Waals surface area contributed by atoms with Crippen molar-refractivity contribution in [1.82, 2.24) is 14.8 Å². The number of rotatable bonds is 3. The molecule has 2 N–H and O–H groups in total. The molecule has 1 aromatic carbocycles. The lowest BCUT2D eigenvalue weighted by Gasteiger charge is -2.33. The number of benzene rings is 1. The number of H-pyrrole nitrogens is 1. The Morgan fingerprint density at radius 2 is 1.92 bits per heavy atom. The van der Waals surface area contributed by atoms with Gasteiger partial charge in [-0.25, -0.2) is 0 Å². The zero-order valence-electron chi connectivity index (χ0n) is 15.5. The van der Waals surface area contributed by atoms with Gasteiger partial charge in [-0.2, -0.15) is 0 Å². The summed E-state index contributed by atoms with van der Waals surface area (Å²) in [5, 5.41) is 11.3. The van der Waals surface area contributed by atoms with E-state index in [1.807, 2.05) is 26.0 Å². The first-order chi connectivity index (χ1) is 12.5. The molecule has 3 heterocycles. The molecule has 2 atom stereocenters. The molecule has 0 aliphatic carbocycles. The Hall–Kier alpha value is -1.73. The van der Waals surface area contributed by atoms with Gasteiger partial charge in [0, 0.05) is 55.9 Å². The van der Waals surface area contributed by atoms with Crippen LogP contribution in [0, 0.1) is 13.8 Å². The fourth-order valence-corrected chi connectivity index (χ4v) is 4.29. The van der Waals surface area contributed by atoms with E-state index in [1.165, 1.54) is 0 Å². The van der Waals surface area contributed by atoms with Crippen molar-refractivity contribution in [2.75, 3.05) is 39.4 Å². The standard InChI is InChI=1S/C20H27N3O3/c1-13-3-4-14(2)20-19(13)17(24)9-15(21-20)10-22-11-16(18(25)12-22)23-5-7-26-8-6-23/h3-4,9,16,18,25H,5-8,10-12H2,1-2H3,(H,21,24)/t16-,18-/m0/s1. The van der Waals surface area contributed by atoms with Crippen LogP contribution in [0.3, 0.4) is 0 Å². The Labute approximate surface area is 153 Å². The van der Waals surface area contributed by atoms with Gasteiger partial charge in [-0.05, 0) is 25.0 Å². The quantitative estimate of drug-likeness (QED) is 0.859. The number of likely N-dealkylation sites (tertiary alicyclic amines) is 1. The van der Waals surface area contributed by atoms with Crippen molar-refractivity contribution < 1.29 is 9.84 Å². The summed E-state index contributed by atoms with van der Waals surface area (Å²) >= 11 is 0. The molecule has 2 fully saturated rings. The Bertz CT molecular complexity index is 857. The molecule has 4 rings (SSSR count). The highest BCUT2D eigenvalue weighted by atomic mass is 16.5. The van der Waals surface area contributed by atoms with Crippen LogP contribution in [0.4, 0.5) is 0 Å². The third-order valence-corrected chi connectivity index (χ3v) is 5.70. The van der Waals surface area contributed by atoms with E-state index in [9.17, 15) is 9.90 Å². The minimum atomic E-state index is -0.357. The monoisotopic (exact) mass is 357 g/mol. The summed E-state index contributed by atoms with van der Waals surface area (Å²) in [4.78, 5) is 20.6. The fraction of sp³-hybridized carbons (Fsp3) is 0.550. The van der Waals surface area contributed by atoms with Gasteiger partial charge >= 0.3 is 0 Å². The Morgan fingerprint density at radius 1 is 1.19 bits per heavy atom. The van der Waals surface area contributed by atoms with Gasteiger partial charge in [-0.15, -0.1) is 0 Å². The van der Waals surface area contributed by atoms with Crippen LogP contribution in [0.1, 0.15) is 16.8 Å². The molecule has 0 bridgehead atoms. The summed E-state index contributed by atoms with van der Waals surface area (Å²) in [6.45, 7) is 9.32. The molecule has 0 radical (unpaired) electrons. The van der Waals surface area contributed by atoms with Crippen molar-refractivity contribution in [3.05, 3.63) is 45.2 Å². The second-order valence-corrected chi connectivity index (χ2v) is 7.59. The normalized spacial score (nSPS) is 25.2. The van der Waals surface area contributed by atoms with Crippen LogP contribution in [-0.2, 0) is 11.3 Å². The van der Waals surface area contributed by atoms with Crippen LogP contribution in [0.2, 0.25) is 0 Å². The van der Waals surface area contributed by atoms with Crippen molar-refractivity contribution in [3.8, 4) is 0 Å². The van der Waals surface area contributed by atoms with E-state index in [2.05, 4.69) is 14.8 Å². The number of aliphatic hydroxyl groups excluding tert-OH is 1. The minimum absolute atomic E-state index is 0.0689. The largest absolute Gasteiger partial charge is 0.390 e. The zero-order valence-corrected chi connectivity index (χ0v) is 15.5. The molecule has 2 saturated heterocycles. The van der Waals surface area contributed by atoms with E-state index >= 15 is 0 Å². The molecule has 2 aromatic rings. The molecule has 26 heavy (non-hydrogen) atoms. The molecule has 6 nitrogen and oxygen atoms in total. The number of β-amino-alcohol motifs (C(OH)–C–C–N with tert-alkyl or cyclic N) is 1. The van der Waals surface area contributed by atoms with Gasteiger partial charge in [0.05, 0.1) is 24.8 Å². The highest BCUT2D eigenvalue weighted by molar-refractivity contribution is 5.84. The molecule has 6 heteroatoms. The molecule has 1 aromatic heterocycles.